The fourth-order valence-electron chi connectivity index (χ4n) is 0.936. The van der Waals surface area contributed by atoms with Crippen molar-refractivity contribution in [3.8, 4) is 0 Å². The van der Waals surface area contributed by atoms with Crippen LogP contribution in [-0.4, -0.2) is 31.4 Å². The van der Waals surface area contributed by atoms with E-state index in [0.717, 1.165) is 6.26 Å². The topological polar surface area (TPSA) is 85.1 Å². The van der Waals surface area contributed by atoms with Crippen molar-refractivity contribution in [2.45, 2.75) is 12.3 Å². The van der Waals surface area contributed by atoms with Crippen molar-refractivity contribution in [2.24, 2.45) is 0 Å². The van der Waals surface area contributed by atoms with E-state index >= 15 is 0 Å². The Balaban J connectivity index is 2.53. The Morgan fingerprint density at radius 3 is 2.93 bits per heavy atom. The summed E-state index contributed by atoms with van der Waals surface area (Å²) in [4.78, 5) is 3.91. The van der Waals surface area contributed by atoms with Crippen molar-refractivity contribution in [1.29, 1.82) is 0 Å². The van der Waals surface area contributed by atoms with E-state index in [1.54, 1.807) is 6.08 Å². The molecule has 1 N–H and O–H groups in total. The molecule has 0 amide bonds. The second-order valence-electron chi connectivity index (χ2n) is 3.09. The van der Waals surface area contributed by atoms with Crippen LogP contribution >= 0.6 is 0 Å². The van der Waals surface area contributed by atoms with Gasteiger partial charge in [-0.2, -0.15) is 4.98 Å². The third-order valence-electron chi connectivity index (χ3n) is 1.47. The Morgan fingerprint density at radius 2 is 2.33 bits per heavy atom. The Labute approximate surface area is 88.3 Å². The Hall–Kier alpha value is -1.21. The van der Waals surface area contributed by atoms with E-state index in [4.69, 9.17) is 4.52 Å². The number of sulfone groups is 1. The van der Waals surface area contributed by atoms with Crippen LogP contribution in [0.2, 0.25) is 0 Å². The van der Waals surface area contributed by atoms with E-state index in [9.17, 15) is 8.42 Å². The van der Waals surface area contributed by atoms with Gasteiger partial charge >= 0.3 is 0 Å². The molecule has 0 bridgehead atoms. The Kier molecular flexibility index (Phi) is 3.98. The van der Waals surface area contributed by atoms with Crippen molar-refractivity contribution in [3.05, 3.63) is 24.4 Å². The molecule has 0 atom stereocenters. The number of hydrogen-bond acceptors (Lipinski definition) is 6. The standard InChI is InChI=1S/C8H13N3O3S/c1-3-4-9-5-8-10-7(11-14-8)6-15(2,12)13/h3,9H,1,4-6H2,2H3. The van der Waals surface area contributed by atoms with E-state index in [1.807, 2.05) is 0 Å². The average molecular weight is 231 g/mol. The molecule has 0 radical (unpaired) electrons. The fraction of sp³-hybridized carbons (Fsp3) is 0.500. The predicted octanol–water partition coefficient (Wildman–Crippen LogP) is -0.110. The molecule has 1 heterocycles. The number of hydrogen-bond donors (Lipinski definition) is 1. The van der Waals surface area contributed by atoms with Crippen molar-refractivity contribution < 1.29 is 12.9 Å². The molecule has 0 aliphatic rings. The first-order chi connectivity index (χ1) is 7.01. The van der Waals surface area contributed by atoms with Gasteiger partial charge in [-0.1, -0.05) is 11.2 Å². The summed E-state index contributed by atoms with van der Waals surface area (Å²) in [5, 5.41) is 6.51. The smallest absolute Gasteiger partial charge is 0.240 e. The lowest BCUT2D eigenvalue weighted by atomic mass is 10.5. The molecule has 1 rings (SSSR count). The Bertz CT molecular complexity index is 424. The fourth-order valence-corrected chi connectivity index (χ4v) is 1.52. The second-order valence-corrected chi connectivity index (χ2v) is 5.23. The van der Waals surface area contributed by atoms with Crippen molar-refractivity contribution in [2.75, 3.05) is 12.8 Å². The van der Waals surface area contributed by atoms with E-state index in [1.165, 1.54) is 0 Å². The normalized spacial score (nSPS) is 11.5. The lowest BCUT2D eigenvalue weighted by Gasteiger charge is -1.93. The first-order valence-corrected chi connectivity index (χ1v) is 6.38. The second kappa shape index (κ2) is 5.04. The van der Waals surface area contributed by atoms with Crippen LogP contribution in [0, 0.1) is 0 Å². The molecule has 0 spiro atoms. The maximum atomic E-state index is 10.9. The average Bonchev–Trinajstić information content (AvgIpc) is 2.50. The van der Waals surface area contributed by atoms with Gasteiger partial charge in [0.25, 0.3) is 0 Å². The number of rotatable bonds is 6. The first-order valence-electron chi connectivity index (χ1n) is 4.32. The molecule has 0 aromatic carbocycles. The van der Waals surface area contributed by atoms with Crippen molar-refractivity contribution >= 4 is 9.84 Å². The van der Waals surface area contributed by atoms with Gasteiger partial charge in [-0.3, -0.25) is 0 Å². The van der Waals surface area contributed by atoms with Crippen LogP contribution in [0.25, 0.3) is 0 Å². The van der Waals surface area contributed by atoms with Crippen LogP contribution in [-0.2, 0) is 22.1 Å². The SMILES string of the molecule is C=CCNCc1nc(CS(C)(=O)=O)no1. The zero-order valence-electron chi connectivity index (χ0n) is 8.43. The van der Waals surface area contributed by atoms with Crippen LogP contribution < -0.4 is 5.32 Å². The molecule has 1 aromatic heterocycles. The predicted molar refractivity (Wildman–Crippen MR) is 54.7 cm³/mol. The highest BCUT2D eigenvalue weighted by Gasteiger charge is 2.11. The third-order valence-corrected chi connectivity index (χ3v) is 2.25. The molecule has 0 saturated heterocycles. The highest BCUT2D eigenvalue weighted by atomic mass is 32.2. The number of nitrogens with zero attached hydrogens (tertiary/aromatic N) is 2. The van der Waals surface area contributed by atoms with E-state index < -0.39 is 9.84 Å². The lowest BCUT2D eigenvalue weighted by Crippen LogP contribution is -2.12. The van der Waals surface area contributed by atoms with E-state index in [0.29, 0.717) is 19.0 Å². The Morgan fingerprint density at radius 1 is 1.60 bits per heavy atom. The minimum Gasteiger partial charge on any atom is -0.338 e. The van der Waals surface area contributed by atoms with Crippen LogP contribution in [0.1, 0.15) is 11.7 Å². The highest BCUT2D eigenvalue weighted by molar-refractivity contribution is 7.89. The summed E-state index contributed by atoms with van der Waals surface area (Å²) in [5.41, 5.74) is 0. The molecule has 0 fully saturated rings. The molecule has 0 aliphatic carbocycles. The molecule has 0 unspecified atom stereocenters. The van der Waals surface area contributed by atoms with E-state index in [2.05, 4.69) is 22.0 Å². The van der Waals surface area contributed by atoms with Crippen LogP contribution in [0.15, 0.2) is 17.2 Å². The highest BCUT2D eigenvalue weighted by Crippen LogP contribution is 2.01. The largest absolute Gasteiger partial charge is 0.338 e. The third kappa shape index (κ3) is 4.71. The van der Waals surface area contributed by atoms with Gasteiger partial charge in [-0.15, -0.1) is 6.58 Å². The summed E-state index contributed by atoms with van der Waals surface area (Å²) >= 11 is 0. The summed E-state index contributed by atoms with van der Waals surface area (Å²) in [6.45, 7) is 4.57. The van der Waals surface area contributed by atoms with Gasteiger partial charge in [-0.25, -0.2) is 8.42 Å². The van der Waals surface area contributed by atoms with Gasteiger partial charge < -0.3 is 9.84 Å². The minimum atomic E-state index is -3.11. The van der Waals surface area contributed by atoms with Gasteiger partial charge in [0.1, 0.15) is 5.75 Å². The van der Waals surface area contributed by atoms with E-state index in [-0.39, 0.29) is 11.6 Å². The monoisotopic (exact) mass is 231 g/mol. The lowest BCUT2D eigenvalue weighted by molar-refractivity contribution is 0.366. The minimum absolute atomic E-state index is 0.188. The summed E-state index contributed by atoms with van der Waals surface area (Å²) < 4.78 is 26.7. The van der Waals surface area contributed by atoms with Crippen molar-refractivity contribution in [3.63, 3.8) is 0 Å². The maximum absolute atomic E-state index is 10.9. The molecular formula is C8H13N3O3S. The molecule has 0 saturated carbocycles. The summed E-state index contributed by atoms with van der Waals surface area (Å²) in [6, 6.07) is 0. The first kappa shape index (κ1) is 11.9. The van der Waals surface area contributed by atoms with Crippen molar-refractivity contribution in [1.82, 2.24) is 15.5 Å². The molecule has 84 valence electrons. The molecule has 1 aromatic rings. The zero-order valence-corrected chi connectivity index (χ0v) is 9.25. The van der Waals surface area contributed by atoms with Crippen LogP contribution in [0.3, 0.4) is 0 Å². The number of aromatic nitrogens is 2. The molecule has 0 aliphatic heterocycles. The van der Waals surface area contributed by atoms with Gasteiger partial charge in [0.2, 0.25) is 5.89 Å². The summed E-state index contributed by atoms with van der Waals surface area (Å²) in [5.74, 6) is 0.362. The van der Waals surface area contributed by atoms with Crippen LogP contribution in [0.5, 0.6) is 0 Å². The quantitative estimate of drug-likeness (QED) is 0.543. The number of nitrogens with one attached hydrogen (secondary N) is 1. The van der Waals surface area contributed by atoms with Crippen LogP contribution in [0.4, 0.5) is 0 Å². The van der Waals surface area contributed by atoms with Gasteiger partial charge in [0.05, 0.1) is 6.54 Å². The summed E-state index contributed by atoms with van der Waals surface area (Å²) in [6.07, 6.45) is 2.83. The van der Waals surface area contributed by atoms with Gasteiger partial charge in [0.15, 0.2) is 15.7 Å². The molecule has 7 heteroatoms. The summed E-state index contributed by atoms with van der Waals surface area (Å²) in [7, 11) is -3.11. The maximum Gasteiger partial charge on any atom is 0.240 e. The van der Waals surface area contributed by atoms with Gasteiger partial charge in [0, 0.05) is 12.8 Å². The molecule has 15 heavy (non-hydrogen) atoms. The molecular weight excluding hydrogens is 218 g/mol. The molecule has 6 nitrogen and oxygen atoms in total. The van der Waals surface area contributed by atoms with Gasteiger partial charge in [-0.05, 0) is 0 Å². The zero-order chi connectivity index (χ0) is 11.3.